The van der Waals surface area contributed by atoms with Crippen LogP contribution in [0, 0.1) is 10.1 Å². The van der Waals surface area contributed by atoms with Crippen molar-refractivity contribution < 1.29 is 14.8 Å². The zero-order valence-electron chi connectivity index (χ0n) is 15.3. The fraction of sp³-hybridized carbons (Fsp3) is 0.182. The first kappa shape index (κ1) is 19.4. The van der Waals surface area contributed by atoms with E-state index in [1.54, 1.807) is 0 Å². The van der Waals surface area contributed by atoms with E-state index in [2.05, 4.69) is 17.0 Å². The first-order valence-corrected chi connectivity index (χ1v) is 9.01. The van der Waals surface area contributed by atoms with Gasteiger partial charge in [-0.1, -0.05) is 48.5 Å². The van der Waals surface area contributed by atoms with Gasteiger partial charge in [0.05, 0.1) is 4.92 Å². The molecule has 0 aliphatic carbocycles. The van der Waals surface area contributed by atoms with E-state index in [1.807, 2.05) is 48.5 Å². The molecule has 3 aromatic rings. The first-order chi connectivity index (χ1) is 13.6. The summed E-state index contributed by atoms with van der Waals surface area (Å²) in [5.41, 5.74) is 2.17. The molecule has 0 unspecified atom stereocenters. The van der Waals surface area contributed by atoms with Crippen molar-refractivity contribution in [1.29, 1.82) is 0 Å². The molecule has 0 aliphatic rings. The van der Waals surface area contributed by atoms with Gasteiger partial charge in [0, 0.05) is 30.9 Å². The van der Waals surface area contributed by atoms with Gasteiger partial charge in [0.25, 0.3) is 5.69 Å². The topological polar surface area (TPSA) is 75.8 Å². The molecule has 0 radical (unpaired) electrons. The molecule has 0 spiro atoms. The molecule has 0 saturated heterocycles. The van der Waals surface area contributed by atoms with Crippen LogP contribution in [0.4, 0.5) is 11.4 Å². The van der Waals surface area contributed by atoms with Gasteiger partial charge in [-0.3, -0.25) is 10.1 Å². The second-order valence-electron chi connectivity index (χ2n) is 6.42. The maximum Gasteiger partial charge on any atom is 0.269 e. The van der Waals surface area contributed by atoms with Gasteiger partial charge >= 0.3 is 0 Å². The summed E-state index contributed by atoms with van der Waals surface area (Å²) in [4.78, 5) is 12.3. The molecule has 0 saturated carbocycles. The molecule has 1 atom stereocenters. The summed E-state index contributed by atoms with van der Waals surface area (Å²) < 4.78 is 5.59. The van der Waals surface area contributed by atoms with Crippen molar-refractivity contribution in [3.8, 4) is 5.75 Å². The van der Waals surface area contributed by atoms with Crippen LogP contribution in [0.15, 0.2) is 84.9 Å². The van der Waals surface area contributed by atoms with Crippen LogP contribution in [-0.4, -0.2) is 29.3 Å². The van der Waals surface area contributed by atoms with Crippen molar-refractivity contribution in [3.63, 3.8) is 0 Å². The SMILES string of the molecule is O=[N+]([O-])c1ccc(OC[C@H](O)CN(Cc2ccccc2)c2ccccc2)cc1. The number of anilines is 1. The van der Waals surface area contributed by atoms with Crippen molar-refractivity contribution in [2.24, 2.45) is 0 Å². The molecule has 28 heavy (non-hydrogen) atoms. The fourth-order valence-electron chi connectivity index (χ4n) is 2.87. The summed E-state index contributed by atoms with van der Waals surface area (Å²) in [5.74, 6) is 0.485. The average Bonchev–Trinajstić information content (AvgIpc) is 2.73. The third-order valence-electron chi connectivity index (χ3n) is 4.26. The lowest BCUT2D eigenvalue weighted by Gasteiger charge is -2.27. The molecule has 144 valence electrons. The van der Waals surface area contributed by atoms with E-state index in [1.165, 1.54) is 24.3 Å². The van der Waals surface area contributed by atoms with Gasteiger partial charge in [0.15, 0.2) is 0 Å². The highest BCUT2D eigenvalue weighted by molar-refractivity contribution is 5.47. The molecular weight excluding hydrogens is 356 g/mol. The molecule has 1 N–H and O–H groups in total. The second-order valence-corrected chi connectivity index (χ2v) is 6.42. The molecule has 0 aliphatic heterocycles. The van der Waals surface area contributed by atoms with Gasteiger partial charge in [-0.15, -0.1) is 0 Å². The smallest absolute Gasteiger partial charge is 0.269 e. The summed E-state index contributed by atoms with van der Waals surface area (Å²) in [6.07, 6.45) is -0.723. The average molecular weight is 378 g/mol. The molecule has 0 bridgehead atoms. The third-order valence-corrected chi connectivity index (χ3v) is 4.26. The molecule has 0 heterocycles. The number of ether oxygens (including phenoxy) is 1. The Labute approximate surface area is 163 Å². The number of hydrogen-bond acceptors (Lipinski definition) is 5. The van der Waals surface area contributed by atoms with Crippen LogP contribution >= 0.6 is 0 Å². The Morgan fingerprint density at radius 2 is 1.54 bits per heavy atom. The molecular formula is C22H22N2O4. The number of para-hydroxylation sites is 1. The molecule has 0 aromatic heterocycles. The lowest BCUT2D eigenvalue weighted by molar-refractivity contribution is -0.384. The van der Waals surface area contributed by atoms with Crippen LogP contribution in [0.2, 0.25) is 0 Å². The Morgan fingerprint density at radius 1 is 0.929 bits per heavy atom. The third kappa shape index (κ3) is 5.56. The number of nitrogens with zero attached hydrogens (tertiary/aromatic N) is 2. The number of hydrogen-bond donors (Lipinski definition) is 1. The van der Waals surface area contributed by atoms with Crippen molar-refractivity contribution in [3.05, 3.63) is 101 Å². The Bertz CT molecular complexity index is 870. The highest BCUT2D eigenvalue weighted by Gasteiger charge is 2.14. The molecule has 3 aromatic carbocycles. The zero-order chi connectivity index (χ0) is 19.8. The van der Waals surface area contributed by atoms with E-state index >= 15 is 0 Å². The zero-order valence-corrected chi connectivity index (χ0v) is 15.3. The van der Waals surface area contributed by atoms with Crippen molar-refractivity contribution in [2.45, 2.75) is 12.6 Å². The summed E-state index contributed by atoms with van der Waals surface area (Å²) >= 11 is 0. The van der Waals surface area contributed by atoms with Gasteiger partial charge in [-0.25, -0.2) is 0 Å². The van der Waals surface area contributed by atoms with E-state index in [0.29, 0.717) is 18.8 Å². The van der Waals surface area contributed by atoms with Crippen LogP contribution in [0.25, 0.3) is 0 Å². The van der Waals surface area contributed by atoms with E-state index in [4.69, 9.17) is 4.74 Å². The number of aliphatic hydroxyl groups is 1. The standard InChI is InChI=1S/C22H22N2O4/c25-21(17-28-22-13-11-20(12-14-22)24(26)27)16-23(19-9-5-2-6-10-19)15-18-7-3-1-4-8-18/h1-14,21,25H,15-17H2/t21-/m1/s1. The Balaban J connectivity index is 1.62. The van der Waals surface area contributed by atoms with Crippen molar-refractivity contribution >= 4 is 11.4 Å². The van der Waals surface area contributed by atoms with E-state index < -0.39 is 11.0 Å². The van der Waals surface area contributed by atoms with Crippen LogP contribution in [-0.2, 0) is 6.54 Å². The molecule has 0 amide bonds. The molecule has 3 rings (SSSR count). The first-order valence-electron chi connectivity index (χ1n) is 9.01. The lowest BCUT2D eigenvalue weighted by Crippen LogP contribution is -2.35. The summed E-state index contributed by atoms with van der Waals surface area (Å²) in [6.45, 7) is 1.15. The molecule has 6 nitrogen and oxygen atoms in total. The normalized spacial score (nSPS) is 11.6. The van der Waals surface area contributed by atoms with E-state index in [9.17, 15) is 15.2 Å². The van der Waals surface area contributed by atoms with Crippen LogP contribution in [0.1, 0.15) is 5.56 Å². The minimum atomic E-state index is -0.723. The van der Waals surface area contributed by atoms with Crippen LogP contribution in [0.3, 0.4) is 0 Å². The van der Waals surface area contributed by atoms with Gasteiger partial charge < -0.3 is 14.7 Å². The Hall–Kier alpha value is -3.38. The minimum absolute atomic E-state index is 0.00557. The fourth-order valence-corrected chi connectivity index (χ4v) is 2.87. The summed E-state index contributed by atoms with van der Waals surface area (Å²) in [6, 6.07) is 25.8. The Morgan fingerprint density at radius 3 is 2.14 bits per heavy atom. The van der Waals surface area contributed by atoms with Gasteiger partial charge in [-0.2, -0.15) is 0 Å². The van der Waals surface area contributed by atoms with Crippen LogP contribution in [0.5, 0.6) is 5.75 Å². The van der Waals surface area contributed by atoms with Crippen LogP contribution < -0.4 is 9.64 Å². The lowest BCUT2D eigenvalue weighted by atomic mass is 10.2. The monoisotopic (exact) mass is 378 g/mol. The number of rotatable bonds is 9. The highest BCUT2D eigenvalue weighted by Crippen LogP contribution is 2.19. The molecule has 0 fully saturated rings. The highest BCUT2D eigenvalue weighted by atomic mass is 16.6. The van der Waals surface area contributed by atoms with E-state index in [0.717, 1.165) is 11.3 Å². The van der Waals surface area contributed by atoms with E-state index in [-0.39, 0.29) is 12.3 Å². The number of nitro benzene ring substituents is 1. The number of benzene rings is 3. The Kier molecular flexibility index (Phi) is 6.59. The summed E-state index contributed by atoms with van der Waals surface area (Å²) in [7, 11) is 0. The van der Waals surface area contributed by atoms with Gasteiger partial charge in [-0.05, 0) is 29.8 Å². The maximum absolute atomic E-state index is 10.7. The summed E-state index contributed by atoms with van der Waals surface area (Å²) in [5, 5.41) is 21.2. The quantitative estimate of drug-likeness (QED) is 0.449. The number of aliphatic hydroxyl groups excluding tert-OH is 1. The number of nitro groups is 1. The maximum atomic E-state index is 10.7. The largest absolute Gasteiger partial charge is 0.491 e. The second kappa shape index (κ2) is 9.53. The van der Waals surface area contributed by atoms with Gasteiger partial charge in [0.2, 0.25) is 0 Å². The molecule has 6 heteroatoms. The number of non-ortho nitro benzene ring substituents is 1. The predicted octanol–water partition coefficient (Wildman–Crippen LogP) is 4.04. The van der Waals surface area contributed by atoms with Crippen molar-refractivity contribution in [2.75, 3.05) is 18.1 Å². The predicted molar refractivity (Wildman–Crippen MR) is 109 cm³/mol. The van der Waals surface area contributed by atoms with Crippen molar-refractivity contribution in [1.82, 2.24) is 0 Å². The van der Waals surface area contributed by atoms with Gasteiger partial charge in [0.1, 0.15) is 18.5 Å². The minimum Gasteiger partial charge on any atom is -0.491 e.